The summed E-state index contributed by atoms with van der Waals surface area (Å²) in [5, 5.41) is 0. The molecule has 1 aromatic carbocycles. The van der Waals surface area contributed by atoms with Crippen LogP contribution in [0, 0.1) is 0 Å². The van der Waals surface area contributed by atoms with Crippen molar-refractivity contribution in [3.05, 3.63) is 36.4 Å². The van der Waals surface area contributed by atoms with E-state index in [9.17, 15) is 4.79 Å². The average Bonchev–Trinajstić information content (AvgIpc) is 2.59. The molecule has 0 spiro atoms. The van der Waals surface area contributed by atoms with Crippen LogP contribution in [0.4, 0.5) is 0 Å². The second-order valence-electron chi connectivity index (χ2n) is 3.55. The second-order valence-corrected chi connectivity index (χ2v) is 5.03. The monoisotopic (exact) mass is 236 g/mol. The number of esters is 1. The molecule has 0 radical (unpaired) electrons. The van der Waals surface area contributed by atoms with Gasteiger partial charge in [0.05, 0.1) is 7.11 Å². The zero-order valence-electron chi connectivity index (χ0n) is 9.10. The highest BCUT2D eigenvalue weighted by Gasteiger charge is 2.31. The van der Waals surface area contributed by atoms with Crippen LogP contribution in [0.3, 0.4) is 0 Å². The van der Waals surface area contributed by atoms with Gasteiger partial charge in [0.1, 0.15) is 5.75 Å². The zero-order chi connectivity index (χ0) is 11.6. The van der Waals surface area contributed by atoms with Gasteiger partial charge in [-0.15, -0.1) is 0 Å². The van der Waals surface area contributed by atoms with Crippen LogP contribution in [0.25, 0.3) is 0 Å². The maximum absolute atomic E-state index is 11.0. The lowest BCUT2D eigenvalue weighted by Gasteiger charge is -2.20. The van der Waals surface area contributed by atoms with E-state index in [0.717, 1.165) is 10.6 Å². The Bertz CT molecular complexity index is 424. The summed E-state index contributed by atoms with van der Waals surface area (Å²) in [7, 11) is 1.63. The molecule has 16 heavy (non-hydrogen) atoms. The summed E-state index contributed by atoms with van der Waals surface area (Å²) in [5.41, 5.74) is 0. The van der Waals surface area contributed by atoms with Crippen molar-refractivity contribution in [2.24, 2.45) is 0 Å². The third kappa shape index (κ3) is 2.39. The molecule has 3 nitrogen and oxygen atoms in total. The Balaban J connectivity index is 2.09. The van der Waals surface area contributed by atoms with Crippen LogP contribution in [-0.4, -0.2) is 18.0 Å². The first-order valence-corrected chi connectivity index (χ1v) is 5.68. The number of hydrogen-bond acceptors (Lipinski definition) is 4. The Morgan fingerprint density at radius 1 is 1.31 bits per heavy atom. The molecule has 0 aromatic heterocycles. The summed E-state index contributed by atoms with van der Waals surface area (Å²) in [6.45, 7) is 1.86. The molecule has 0 aliphatic carbocycles. The summed E-state index contributed by atoms with van der Waals surface area (Å²) in [6, 6.07) is 7.64. The van der Waals surface area contributed by atoms with Gasteiger partial charge in [0.15, 0.2) is 4.93 Å². The first-order chi connectivity index (χ1) is 7.61. The van der Waals surface area contributed by atoms with Gasteiger partial charge >= 0.3 is 5.97 Å². The number of cyclic esters (lactones) is 1. The normalized spacial score (nSPS) is 23.2. The van der Waals surface area contributed by atoms with E-state index in [1.807, 2.05) is 31.2 Å². The summed E-state index contributed by atoms with van der Waals surface area (Å²) in [5.74, 6) is 0.525. The van der Waals surface area contributed by atoms with Crippen LogP contribution in [0.1, 0.15) is 6.92 Å². The standard InChI is InChI=1S/C12H12O3S/c1-12(8-7-11(13)15-12)16-10-5-3-9(14-2)4-6-10/h3-8H,1-2H3. The molecule has 2 rings (SSSR count). The molecule has 1 aliphatic rings. The molecule has 0 N–H and O–H groups in total. The minimum Gasteiger partial charge on any atom is -0.497 e. The van der Waals surface area contributed by atoms with Gasteiger partial charge in [-0.2, -0.15) is 0 Å². The molecule has 1 atom stereocenters. The lowest BCUT2D eigenvalue weighted by molar-refractivity contribution is -0.139. The van der Waals surface area contributed by atoms with E-state index in [2.05, 4.69) is 0 Å². The Labute approximate surface area is 98.4 Å². The second kappa shape index (κ2) is 4.22. The van der Waals surface area contributed by atoms with Crippen LogP contribution >= 0.6 is 11.8 Å². The van der Waals surface area contributed by atoms with Gasteiger partial charge in [-0.1, -0.05) is 11.8 Å². The van der Waals surface area contributed by atoms with E-state index in [1.165, 1.54) is 17.8 Å². The molecule has 0 bridgehead atoms. The molecule has 1 heterocycles. The van der Waals surface area contributed by atoms with Crippen molar-refractivity contribution in [2.75, 3.05) is 7.11 Å². The Kier molecular flexibility index (Phi) is 2.92. The van der Waals surface area contributed by atoms with Crippen molar-refractivity contribution >= 4 is 17.7 Å². The molecule has 1 aliphatic heterocycles. The SMILES string of the molecule is COc1ccc(SC2(C)C=CC(=O)O2)cc1. The van der Waals surface area contributed by atoms with Crippen LogP contribution in [0.5, 0.6) is 5.75 Å². The molecule has 0 saturated heterocycles. The van der Waals surface area contributed by atoms with Gasteiger partial charge in [0, 0.05) is 11.0 Å². The fourth-order valence-electron chi connectivity index (χ4n) is 1.42. The smallest absolute Gasteiger partial charge is 0.332 e. The van der Waals surface area contributed by atoms with Crippen molar-refractivity contribution in [1.29, 1.82) is 0 Å². The summed E-state index contributed by atoms with van der Waals surface area (Å²) in [6.07, 6.45) is 3.22. The van der Waals surface area contributed by atoms with Crippen molar-refractivity contribution in [3.8, 4) is 5.75 Å². The highest BCUT2D eigenvalue weighted by atomic mass is 32.2. The largest absolute Gasteiger partial charge is 0.497 e. The lowest BCUT2D eigenvalue weighted by atomic mass is 10.3. The average molecular weight is 236 g/mol. The van der Waals surface area contributed by atoms with Gasteiger partial charge in [0.25, 0.3) is 0 Å². The van der Waals surface area contributed by atoms with Gasteiger partial charge in [0.2, 0.25) is 0 Å². The zero-order valence-corrected chi connectivity index (χ0v) is 9.91. The summed E-state index contributed by atoms with van der Waals surface area (Å²) < 4.78 is 10.3. The van der Waals surface area contributed by atoms with Crippen LogP contribution in [-0.2, 0) is 9.53 Å². The Morgan fingerprint density at radius 3 is 2.50 bits per heavy atom. The molecular weight excluding hydrogens is 224 g/mol. The van der Waals surface area contributed by atoms with E-state index in [-0.39, 0.29) is 5.97 Å². The number of rotatable bonds is 3. The van der Waals surface area contributed by atoms with Crippen molar-refractivity contribution in [3.63, 3.8) is 0 Å². The molecule has 1 aromatic rings. The molecule has 1 unspecified atom stereocenters. The van der Waals surface area contributed by atoms with Crippen LogP contribution in [0.2, 0.25) is 0 Å². The minimum atomic E-state index is -0.592. The minimum absolute atomic E-state index is 0.288. The van der Waals surface area contributed by atoms with E-state index < -0.39 is 4.93 Å². The Hall–Kier alpha value is -1.42. The first kappa shape index (κ1) is 11.1. The van der Waals surface area contributed by atoms with Gasteiger partial charge in [-0.05, 0) is 37.3 Å². The maximum Gasteiger partial charge on any atom is 0.332 e. The van der Waals surface area contributed by atoms with Crippen molar-refractivity contribution in [2.45, 2.75) is 16.8 Å². The van der Waals surface area contributed by atoms with E-state index in [1.54, 1.807) is 13.2 Å². The maximum atomic E-state index is 11.0. The number of methoxy groups -OCH3 is 1. The number of carbonyl (C=O) groups excluding carboxylic acids is 1. The van der Waals surface area contributed by atoms with Crippen molar-refractivity contribution in [1.82, 2.24) is 0 Å². The topological polar surface area (TPSA) is 35.5 Å². The number of thioether (sulfide) groups is 1. The van der Waals surface area contributed by atoms with Crippen LogP contribution < -0.4 is 4.74 Å². The number of hydrogen-bond donors (Lipinski definition) is 0. The quantitative estimate of drug-likeness (QED) is 0.756. The van der Waals surface area contributed by atoms with E-state index in [4.69, 9.17) is 9.47 Å². The van der Waals surface area contributed by atoms with Gasteiger partial charge in [-0.3, -0.25) is 0 Å². The predicted octanol–water partition coefficient (Wildman–Crippen LogP) is 2.62. The number of carbonyl (C=O) groups is 1. The molecule has 0 amide bonds. The number of ether oxygens (including phenoxy) is 2. The van der Waals surface area contributed by atoms with Gasteiger partial charge < -0.3 is 9.47 Å². The molecule has 0 saturated carbocycles. The van der Waals surface area contributed by atoms with E-state index >= 15 is 0 Å². The number of benzene rings is 1. The van der Waals surface area contributed by atoms with Crippen LogP contribution in [0.15, 0.2) is 41.3 Å². The van der Waals surface area contributed by atoms with E-state index in [0.29, 0.717) is 0 Å². The molecular formula is C12H12O3S. The first-order valence-electron chi connectivity index (χ1n) is 4.87. The molecule has 4 heteroatoms. The van der Waals surface area contributed by atoms with Crippen molar-refractivity contribution < 1.29 is 14.3 Å². The third-order valence-electron chi connectivity index (χ3n) is 2.21. The fourth-order valence-corrected chi connectivity index (χ4v) is 2.42. The highest BCUT2D eigenvalue weighted by Crippen LogP contribution is 2.38. The summed E-state index contributed by atoms with van der Waals surface area (Å²) in [4.78, 5) is 11.4. The molecule has 84 valence electrons. The molecule has 0 fully saturated rings. The fraction of sp³-hybridized carbons (Fsp3) is 0.250. The Morgan fingerprint density at radius 2 is 2.00 bits per heavy atom. The third-order valence-corrected chi connectivity index (χ3v) is 3.34. The lowest BCUT2D eigenvalue weighted by Crippen LogP contribution is -2.18. The highest BCUT2D eigenvalue weighted by molar-refractivity contribution is 8.00. The predicted molar refractivity (Wildman–Crippen MR) is 62.5 cm³/mol. The van der Waals surface area contributed by atoms with Gasteiger partial charge in [-0.25, -0.2) is 4.79 Å². The summed E-state index contributed by atoms with van der Waals surface area (Å²) >= 11 is 1.49.